The molecule has 35 heavy (non-hydrogen) atoms. The number of rotatable bonds is 7. The average Bonchev–Trinajstić information content (AvgIpc) is 2.81. The van der Waals surface area contributed by atoms with Crippen LogP contribution >= 0.6 is 52.8 Å². The molecule has 6 nitrogen and oxygen atoms in total. The summed E-state index contributed by atoms with van der Waals surface area (Å²) in [6.45, 7) is 6.42. The van der Waals surface area contributed by atoms with E-state index in [1.165, 1.54) is 0 Å². The Morgan fingerprint density at radius 2 is 1.83 bits per heavy atom. The van der Waals surface area contributed by atoms with Crippen LogP contribution in [0, 0.1) is 14.1 Å². The molecule has 0 aromatic heterocycles. The molecule has 4 rings (SSSR count). The number of halogens is 2. The Morgan fingerprint density at radius 1 is 1.09 bits per heavy atom. The predicted octanol–water partition coefficient (Wildman–Crippen LogP) is 8.53. The van der Waals surface area contributed by atoms with E-state index in [1.54, 1.807) is 12.1 Å². The molecular formula is C26H27I2O6P. The van der Waals surface area contributed by atoms with Crippen molar-refractivity contribution in [3.05, 3.63) is 78.4 Å². The summed E-state index contributed by atoms with van der Waals surface area (Å²) in [5.41, 5.74) is 2.95. The van der Waals surface area contributed by atoms with Gasteiger partial charge in [0, 0.05) is 12.0 Å². The number of benzene rings is 3. The van der Waals surface area contributed by atoms with Crippen molar-refractivity contribution in [2.24, 2.45) is 0 Å². The minimum Gasteiger partial charge on any atom is -0.508 e. The third kappa shape index (κ3) is 6.71. The molecule has 9 heteroatoms. The van der Waals surface area contributed by atoms with Crippen LogP contribution in [0.2, 0.25) is 0 Å². The fraction of sp³-hybridized carbons (Fsp3) is 0.308. The largest absolute Gasteiger partial charge is 0.508 e. The second kappa shape index (κ2) is 11.4. The smallest absolute Gasteiger partial charge is 0.368 e. The summed E-state index contributed by atoms with van der Waals surface area (Å²) in [5, 5.41) is 10.1. The Bertz CT molecular complexity index is 1240. The van der Waals surface area contributed by atoms with Crippen molar-refractivity contribution >= 4 is 52.8 Å². The maximum atomic E-state index is 13.2. The molecule has 1 fully saturated rings. The van der Waals surface area contributed by atoms with E-state index in [2.05, 4.69) is 45.2 Å². The average molecular weight is 720 g/mol. The van der Waals surface area contributed by atoms with Gasteiger partial charge in [-0.1, -0.05) is 43.7 Å². The monoisotopic (exact) mass is 720 g/mol. The lowest BCUT2D eigenvalue weighted by Gasteiger charge is -2.30. The fourth-order valence-corrected chi connectivity index (χ4v) is 7.22. The quantitative estimate of drug-likeness (QED) is 0.195. The van der Waals surface area contributed by atoms with Crippen LogP contribution < -0.4 is 9.47 Å². The molecule has 0 spiro atoms. The Balaban J connectivity index is 1.45. The molecule has 1 heterocycles. The van der Waals surface area contributed by atoms with E-state index in [4.69, 9.17) is 18.5 Å². The maximum Gasteiger partial charge on any atom is 0.368 e. The predicted molar refractivity (Wildman–Crippen MR) is 153 cm³/mol. The maximum absolute atomic E-state index is 13.2. The van der Waals surface area contributed by atoms with E-state index in [9.17, 15) is 9.67 Å². The zero-order valence-electron chi connectivity index (χ0n) is 19.7. The minimum absolute atomic E-state index is 0.169. The highest BCUT2D eigenvalue weighted by Crippen LogP contribution is 2.56. The van der Waals surface area contributed by atoms with Crippen LogP contribution in [-0.4, -0.2) is 18.1 Å². The van der Waals surface area contributed by atoms with Crippen LogP contribution in [0.4, 0.5) is 0 Å². The van der Waals surface area contributed by atoms with Crippen LogP contribution in [0.15, 0.2) is 54.6 Å². The molecule has 1 saturated heterocycles. The Hall–Kier alpha value is -1.33. The first-order valence-corrected chi connectivity index (χ1v) is 15.1. The molecule has 0 saturated carbocycles. The first kappa shape index (κ1) is 26.7. The number of phenolic OH excluding ortho intramolecular Hbond substituents is 1. The van der Waals surface area contributed by atoms with Gasteiger partial charge >= 0.3 is 7.60 Å². The van der Waals surface area contributed by atoms with Crippen molar-refractivity contribution in [3.63, 3.8) is 0 Å². The Labute approximate surface area is 233 Å². The van der Waals surface area contributed by atoms with Gasteiger partial charge in [0.2, 0.25) is 0 Å². The van der Waals surface area contributed by atoms with Crippen molar-refractivity contribution in [1.29, 1.82) is 0 Å². The van der Waals surface area contributed by atoms with Gasteiger partial charge in [0.05, 0.1) is 19.9 Å². The lowest BCUT2D eigenvalue weighted by Crippen LogP contribution is -2.17. The highest BCUT2D eigenvalue weighted by Gasteiger charge is 2.35. The molecule has 1 aliphatic heterocycles. The summed E-state index contributed by atoms with van der Waals surface area (Å²) in [6.07, 6.45) is 0.192. The molecule has 3 aromatic rings. The molecule has 1 N–H and O–H groups in total. The highest BCUT2D eigenvalue weighted by molar-refractivity contribution is 14.1. The van der Waals surface area contributed by atoms with Gasteiger partial charge in [-0.15, -0.1) is 0 Å². The number of ether oxygens (including phenoxy) is 2. The first-order valence-electron chi connectivity index (χ1n) is 11.2. The molecule has 0 bridgehead atoms. The van der Waals surface area contributed by atoms with E-state index in [1.807, 2.05) is 63.2 Å². The summed E-state index contributed by atoms with van der Waals surface area (Å²) in [6, 6.07) is 16.9. The molecule has 3 aromatic carbocycles. The summed E-state index contributed by atoms with van der Waals surface area (Å²) >= 11 is 4.38. The van der Waals surface area contributed by atoms with Gasteiger partial charge in [0.1, 0.15) is 17.2 Å². The van der Waals surface area contributed by atoms with Gasteiger partial charge in [-0.25, -0.2) is 0 Å². The fourth-order valence-electron chi connectivity index (χ4n) is 3.79. The molecule has 0 radical (unpaired) electrons. The van der Waals surface area contributed by atoms with Crippen molar-refractivity contribution in [3.8, 4) is 23.0 Å². The summed E-state index contributed by atoms with van der Waals surface area (Å²) in [7, 11) is -3.41. The standard InChI is InChI=1S/C26H27I2O6P/c1-16(2)21-12-19(7-8-24(21)29)33-26-22(27)13-20(14-23(26)28)31-15-35(30)32-10-9-25(34-35)18-6-4-5-17(3)11-18/h4-8,11-14,16,25,29H,9-10,15H2,1-3H3/t25-,35+/m0/s1. The van der Waals surface area contributed by atoms with Crippen LogP contribution in [0.5, 0.6) is 23.0 Å². The lowest BCUT2D eigenvalue weighted by atomic mass is 10.0. The molecule has 186 valence electrons. The summed E-state index contributed by atoms with van der Waals surface area (Å²) in [5.74, 6) is 2.32. The molecule has 2 atom stereocenters. The minimum atomic E-state index is -3.41. The summed E-state index contributed by atoms with van der Waals surface area (Å²) < 4.78 is 38.4. The number of aromatic hydroxyl groups is 1. The van der Waals surface area contributed by atoms with Gasteiger partial charge < -0.3 is 19.1 Å². The first-order chi connectivity index (χ1) is 16.6. The van der Waals surface area contributed by atoms with Gasteiger partial charge in [-0.2, -0.15) is 0 Å². The second-order valence-corrected chi connectivity index (χ2v) is 13.0. The van der Waals surface area contributed by atoms with Gasteiger partial charge in [0.15, 0.2) is 12.1 Å². The molecule has 0 aliphatic carbocycles. The molecule has 0 amide bonds. The van der Waals surface area contributed by atoms with Crippen LogP contribution in [0.1, 0.15) is 49.0 Å². The highest BCUT2D eigenvalue weighted by atomic mass is 127. The van der Waals surface area contributed by atoms with Crippen molar-refractivity contribution in [1.82, 2.24) is 0 Å². The molecule has 0 unspecified atom stereocenters. The Morgan fingerprint density at radius 3 is 2.51 bits per heavy atom. The number of hydrogen-bond acceptors (Lipinski definition) is 6. The number of phenols is 1. The SMILES string of the molecule is Cc1cccc([C@@H]2CCO[P@](=O)(COc3cc(I)c(Oc4ccc(O)c(C(C)C)c4)c(I)c3)O2)c1. The van der Waals surface area contributed by atoms with E-state index >= 15 is 0 Å². The molecule has 1 aliphatic rings. The third-order valence-corrected chi connectivity index (χ3v) is 8.77. The van der Waals surface area contributed by atoms with E-state index in [0.29, 0.717) is 30.3 Å². The molecular weight excluding hydrogens is 693 g/mol. The Kier molecular flexibility index (Phi) is 8.69. The zero-order valence-corrected chi connectivity index (χ0v) is 24.9. The van der Waals surface area contributed by atoms with Crippen molar-refractivity contribution < 1.29 is 28.2 Å². The third-order valence-electron chi connectivity index (χ3n) is 5.57. The van der Waals surface area contributed by atoms with Crippen molar-refractivity contribution in [2.75, 3.05) is 13.0 Å². The van der Waals surface area contributed by atoms with Gasteiger partial charge in [0.25, 0.3) is 0 Å². The van der Waals surface area contributed by atoms with Gasteiger partial charge in [-0.05, 0) is 93.9 Å². The number of hydrogen-bond donors (Lipinski definition) is 1. The van der Waals surface area contributed by atoms with Gasteiger partial charge in [-0.3, -0.25) is 9.09 Å². The van der Waals surface area contributed by atoms with Crippen molar-refractivity contribution in [2.45, 2.75) is 39.2 Å². The van der Waals surface area contributed by atoms with Crippen LogP contribution in [0.25, 0.3) is 0 Å². The summed E-state index contributed by atoms with van der Waals surface area (Å²) in [4.78, 5) is 0. The van der Waals surface area contributed by atoms with Crippen LogP contribution in [-0.2, 0) is 13.6 Å². The normalized spacial score (nSPS) is 20.1. The topological polar surface area (TPSA) is 74.2 Å². The lowest BCUT2D eigenvalue weighted by molar-refractivity contribution is 0.0725. The van der Waals surface area contributed by atoms with E-state index in [-0.39, 0.29) is 24.1 Å². The number of aryl methyl sites for hydroxylation is 1. The second-order valence-electron chi connectivity index (χ2n) is 8.71. The van der Waals surface area contributed by atoms with E-state index in [0.717, 1.165) is 23.8 Å². The zero-order chi connectivity index (χ0) is 25.2. The van der Waals surface area contributed by atoms with Crippen LogP contribution in [0.3, 0.4) is 0 Å². The van der Waals surface area contributed by atoms with E-state index < -0.39 is 7.60 Å².